The van der Waals surface area contributed by atoms with Gasteiger partial charge < -0.3 is 46.8 Å². The molecule has 1 amide bonds. The Labute approximate surface area is 311 Å². The van der Waals surface area contributed by atoms with Crippen LogP contribution in [0.2, 0.25) is 0 Å². The molecule has 0 aromatic carbocycles. The van der Waals surface area contributed by atoms with Crippen LogP contribution in [0.1, 0.15) is 125 Å². The molecular weight excluding hydrogens is 642 g/mol. The molecule has 0 bridgehead atoms. The number of nitrogens with two attached hydrogens (primary N) is 3. The number of fused-ring (bicyclic) bond motifs is 5. The first-order chi connectivity index (χ1) is 24.4. The summed E-state index contributed by atoms with van der Waals surface area (Å²) >= 11 is 0. The molecule has 4 rings (SSSR count). The van der Waals surface area contributed by atoms with E-state index in [1.54, 1.807) is 0 Å². The maximum atomic E-state index is 11.9. The lowest BCUT2D eigenvalue weighted by Gasteiger charge is -2.65. The lowest BCUT2D eigenvalue weighted by atomic mass is 9.43. The predicted octanol–water partition coefficient (Wildman–Crippen LogP) is 5.99. The van der Waals surface area contributed by atoms with E-state index in [1.165, 1.54) is 25.7 Å². The smallest absolute Gasteiger partial charge is 0.407 e. The highest BCUT2D eigenvalue weighted by Crippen LogP contribution is 2.69. The largest absolute Gasteiger partial charge is 0.444 e. The third-order valence-electron chi connectivity index (χ3n) is 13.7. The zero-order valence-corrected chi connectivity index (χ0v) is 33.5. The molecule has 4 saturated carbocycles. The number of alkyl carbamates (subject to hydrolysis) is 1. The Morgan fingerprint density at radius 3 is 2.16 bits per heavy atom. The third-order valence-corrected chi connectivity index (χ3v) is 13.7. The molecule has 298 valence electrons. The highest BCUT2D eigenvalue weighted by Gasteiger charge is 2.66. The molecule has 51 heavy (non-hydrogen) atoms. The fourth-order valence-corrected chi connectivity index (χ4v) is 11.2. The lowest BCUT2D eigenvalue weighted by Crippen LogP contribution is -2.63. The van der Waals surface area contributed by atoms with E-state index in [-0.39, 0.29) is 29.1 Å². The van der Waals surface area contributed by atoms with E-state index in [1.807, 2.05) is 20.8 Å². The van der Waals surface area contributed by atoms with Crippen molar-refractivity contribution in [3.8, 4) is 0 Å². The average molecular weight is 722 g/mol. The minimum absolute atomic E-state index is 0.122. The van der Waals surface area contributed by atoms with Gasteiger partial charge in [0.25, 0.3) is 0 Å². The van der Waals surface area contributed by atoms with Gasteiger partial charge in [-0.05, 0) is 178 Å². The summed E-state index contributed by atoms with van der Waals surface area (Å²) in [7, 11) is 0. The molecule has 11 atom stereocenters. The topological polar surface area (TPSA) is 156 Å². The van der Waals surface area contributed by atoms with Crippen LogP contribution in [0.4, 0.5) is 4.79 Å². The van der Waals surface area contributed by atoms with Crippen LogP contribution < -0.4 is 27.8 Å². The lowest BCUT2D eigenvalue weighted by molar-refractivity contribution is -0.227. The molecule has 0 aromatic heterocycles. The summed E-state index contributed by atoms with van der Waals surface area (Å²) < 4.78 is 25.7. The predicted molar refractivity (Wildman–Crippen MR) is 206 cm³/mol. The van der Waals surface area contributed by atoms with Gasteiger partial charge in [-0.1, -0.05) is 20.8 Å². The molecule has 4 fully saturated rings. The monoisotopic (exact) mass is 722 g/mol. The molecule has 0 saturated heterocycles. The van der Waals surface area contributed by atoms with E-state index in [2.05, 4.69) is 31.4 Å². The van der Waals surface area contributed by atoms with Gasteiger partial charge in [0.1, 0.15) is 5.60 Å². The number of carbonyl (C=O) groups excluding carboxylic acids is 1. The maximum absolute atomic E-state index is 11.9. The number of hydrogen-bond donors (Lipinski definition) is 5. The summed E-state index contributed by atoms with van der Waals surface area (Å²) in [6.07, 6.45) is 14.9. The number of nitrogens with one attached hydrogen (secondary N) is 2. The van der Waals surface area contributed by atoms with Crippen molar-refractivity contribution in [1.82, 2.24) is 10.6 Å². The molecule has 0 radical (unpaired) electrons. The number of rotatable bonds is 21. The summed E-state index contributed by atoms with van der Waals surface area (Å²) in [5.74, 6) is 3.61. The molecule has 4 aliphatic rings. The van der Waals surface area contributed by atoms with Gasteiger partial charge in [-0.15, -0.1) is 0 Å². The van der Waals surface area contributed by atoms with Crippen LogP contribution in [0.25, 0.3) is 0 Å². The fraction of sp³-hybridized carbons (Fsp3) is 0.976. The first kappa shape index (κ1) is 42.7. The Morgan fingerprint density at radius 2 is 1.47 bits per heavy atom. The van der Waals surface area contributed by atoms with E-state index in [4.69, 9.17) is 36.1 Å². The Morgan fingerprint density at radius 1 is 0.804 bits per heavy atom. The van der Waals surface area contributed by atoms with Crippen molar-refractivity contribution in [2.75, 3.05) is 59.1 Å². The van der Waals surface area contributed by atoms with Crippen molar-refractivity contribution >= 4 is 6.09 Å². The minimum Gasteiger partial charge on any atom is -0.444 e. The van der Waals surface area contributed by atoms with Crippen LogP contribution in [0.15, 0.2) is 0 Å². The number of carbonyl (C=O) groups is 1. The van der Waals surface area contributed by atoms with Crippen molar-refractivity contribution in [2.24, 2.45) is 63.5 Å². The van der Waals surface area contributed by atoms with E-state index < -0.39 is 5.60 Å². The molecule has 0 aromatic rings. The maximum Gasteiger partial charge on any atom is 0.407 e. The van der Waals surface area contributed by atoms with Gasteiger partial charge in [-0.3, -0.25) is 0 Å². The molecule has 4 aliphatic carbocycles. The van der Waals surface area contributed by atoms with Gasteiger partial charge in [0.2, 0.25) is 0 Å². The quantitative estimate of drug-likeness (QED) is 0.0900. The molecule has 3 unspecified atom stereocenters. The number of amides is 1. The van der Waals surface area contributed by atoms with Crippen LogP contribution in [0.5, 0.6) is 0 Å². The second kappa shape index (κ2) is 20.1. The first-order valence-electron chi connectivity index (χ1n) is 21.0. The third kappa shape index (κ3) is 11.0. The van der Waals surface area contributed by atoms with Crippen LogP contribution >= 0.6 is 0 Å². The van der Waals surface area contributed by atoms with Crippen molar-refractivity contribution in [3.05, 3.63) is 0 Å². The Hall–Kier alpha value is -1.01. The normalized spacial score (nSPS) is 35.5. The zero-order valence-electron chi connectivity index (χ0n) is 33.5. The van der Waals surface area contributed by atoms with Gasteiger partial charge in [0.15, 0.2) is 0 Å². The zero-order chi connectivity index (χ0) is 37.1. The summed E-state index contributed by atoms with van der Waals surface area (Å²) in [4.78, 5) is 11.9. The van der Waals surface area contributed by atoms with Gasteiger partial charge >= 0.3 is 6.09 Å². The molecule has 0 aliphatic heterocycles. The van der Waals surface area contributed by atoms with Crippen LogP contribution in [0.3, 0.4) is 0 Å². The molecular formula is C41H79N5O5. The van der Waals surface area contributed by atoms with Crippen LogP contribution in [-0.4, -0.2) is 89.1 Å². The summed E-state index contributed by atoms with van der Waals surface area (Å²) in [6.45, 7) is 20.2. The average Bonchev–Trinajstić information content (AvgIpc) is 3.44. The van der Waals surface area contributed by atoms with Gasteiger partial charge in [0.05, 0.1) is 18.3 Å². The Kier molecular flexibility index (Phi) is 16.8. The van der Waals surface area contributed by atoms with Gasteiger partial charge in [-0.25, -0.2) is 4.79 Å². The molecule has 8 N–H and O–H groups in total. The highest BCUT2D eigenvalue weighted by atomic mass is 16.6. The number of ether oxygens (including phenoxy) is 4. The van der Waals surface area contributed by atoms with Gasteiger partial charge in [0, 0.05) is 31.8 Å². The molecule has 10 nitrogen and oxygen atoms in total. The second-order valence-electron chi connectivity index (χ2n) is 18.1. The molecule has 0 heterocycles. The minimum atomic E-state index is -0.470. The van der Waals surface area contributed by atoms with Crippen molar-refractivity contribution in [2.45, 2.75) is 149 Å². The SMILES string of the molecule is C[C@H](CCCNCCCNC(=O)OC(C)(C)C)C1CC[C@H]2C3[C@H](OCCCN)CC4C[C@H](OCCCN)CC[C@]4(C)[C@H]3C[C@H](OCCCN)[C@]12C. The first-order valence-corrected chi connectivity index (χ1v) is 21.0. The van der Waals surface area contributed by atoms with Crippen molar-refractivity contribution in [1.29, 1.82) is 0 Å². The van der Waals surface area contributed by atoms with E-state index in [9.17, 15) is 4.79 Å². The van der Waals surface area contributed by atoms with Crippen LogP contribution in [0, 0.1) is 46.3 Å². The molecule has 10 heteroatoms. The fourth-order valence-electron chi connectivity index (χ4n) is 11.2. The second-order valence-corrected chi connectivity index (χ2v) is 18.1. The van der Waals surface area contributed by atoms with Gasteiger partial charge in [-0.2, -0.15) is 0 Å². The summed E-state index contributed by atoms with van der Waals surface area (Å²) in [5.41, 5.74) is 17.7. The summed E-state index contributed by atoms with van der Waals surface area (Å²) in [5, 5.41) is 6.47. The van der Waals surface area contributed by atoms with Crippen LogP contribution in [-0.2, 0) is 18.9 Å². The highest BCUT2D eigenvalue weighted by molar-refractivity contribution is 5.67. The molecule has 0 spiro atoms. The Bertz CT molecular complexity index is 1030. The standard InChI is InChI=1S/C41H79N5O5/c1-29(12-7-20-45-21-11-22-46-38(47)51-39(2,3)4)32-13-14-33-37-34(28-36(41(32,33)6)50-25-10-19-44)40(5)16-15-31(48-23-8-17-42)26-30(40)27-35(37)49-24-9-18-43/h29-37,45H,7-28,42-44H2,1-6H3,(H,46,47)/t29-,30?,31-,32?,33+,34+,35-,36+,37?,40+,41-/m1/s1. The summed E-state index contributed by atoms with van der Waals surface area (Å²) in [6, 6.07) is 0. The van der Waals surface area contributed by atoms with E-state index >= 15 is 0 Å². The van der Waals surface area contributed by atoms with E-state index in [0.717, 1.165) is 90.7 Å². The van der Waals surface area contributed by atoms with E-state index in [0.29, 0.717) is 67.8 Å². The van der Waals surface area contributed by atoms with Crippen molar-refractivity contribution in [3.63, 3.8) is 0 Å². The number of hydrogen-bond acceptors (Lipinski definition) is 9. The Balaban J connectivity index is 1.42. The van der Waals surface area contributed by atoms with Crippen molar-refractivity contribution < 1.29 is 23.7 Å².